The minimum Gasteiger partial charge on any atom is -0.506 e. The molecule has 0 heterocycles. The molecule has 0 spiro atoms. The number of aryl methyl sites for hydroxylation is 1. The summed E-state index contributed by atoms with van der Waals surface area (Å²) in [6.45, 7) is 1.97. The molecule has 3 rings (SSSR count). The SMILES string of the molecule is Cc1ccc(-c2cc3ccccc3c(O)c2C(=O)O)cc1. The molecule has 0 radical (unpaired) electrons. The average Bonchev–Trinajstić information content (AvgIpc) is 2.47. The van der Waals surface area contributed by atoms with Crippen LogP contribution in [0, 0.1) is 6.92 Å². The fourth-order valence-corrected chi connectivity index (χ4v) is 2.51. The van der Waals surface area contributed by atoms with Crippen LogP contribution in [0.4, 0.5) is 0 Å². The molecule has 0 aliphatic rings. The first-order valence-electron chi connectivity index (χ1n) is 6.63. The molecule has 3 heteroatoms. The Labute approximate surface area is 122 Å². The highest BCUT2D eigenvalue weighted by molar-refractivity contribution is 6.07. The van der Waals surface area contributed by atoms with Crippen LogP contribution < -0.4 is 0 Å². The lowest BCUT2D eigenvalue weighted by Crippen LogP contribution is -2.01. The Kier molecular flexibility index (Phi) is 3.10. The molecule has 0 saturated heterocycles. The van der Waals surface area contributed by atoms with Crippen LogP contribution in [0.5, 0.6) is 5.75 Å². The molecule has 0 fully saturated rings. The van der Waals surface area contributed by atoms with E-state index < -0.39 is 5.97 Å². The lowest BCUT2D eigenvalue weighted by molar-refractivity contribution is 0.0695. The van der Waals surface area contributed by atoms with E-state index in [4.69, 9.17) is 0 Å². The summed E-state index contributed by atoms with van der Waals surface area (Å²) in [7, 11) is 0. The minimum atomic E-state index is -1.13. The molecule has 0 bridgehead atoms. The van der Waals surface area contributed by atoms with Gasteiger partial charge < -0.3 is 10.2 Å². The third kappa shape index (κ3) is 2.23. The van der Waals surface area contributed by atoms with Crippen molar-refractivity contribution in [2.45, 2.75) is 6.92 Å². The number of hydrogen-bond donors (Lipinski definition) is 2. The quantitative estimate of drug-likeness (QED) is 0.738. The first kappa shape index (κ1) is 13.2. The number of fused-ring (bicyclic) bond motifs is 1. The minimum absolute atomic E-state index is 0.0578. The van der Waals surface area contributed by atoms with Crippen LogP contribution in [0.2, 0.25) is 0 Å². The molecule has 0 saturated carbocycles. The number of carboxylic acids is 1. The number of hydrogen-bond acceptors (Lipinski definition) is 2. The van der Waals surface area contributed by atoms with E-state index >= 15 is 0 Å². The summed E-state index contributed by atoms with van der Waals surface area (Å²) in [6, 6.07) is 16.6. The van der Waals surface area contributed by atoms with Crippen molar-refractivity contribution in [2.75, 3.05) is 0 Å². The number of carbonyl (C=O) groups is 1. The normalized spacial score (nSPS) is 10.7. The lowest BCUT2D eigenvalue weighted by Gasteiger charge is -2.12. The second-order valence-corrected chi connectivity index (χ2v) is 5.04. The van der Waals surface area contributed by atoms with Crippen molar-refractivity contribution in [2.24, 2.45) is 0 Å². The van der Waals surface area contributed by atoms with E-state index in [0.717, 1.165) is 16.5 Å². The molecule has 0 atom stereocenters. The lowest BCUT2D eigenvalue weighted by atomic mass is 9.94. The molecule has 0 aromatic heterocycles. The Balaban J connectivity index is 2.37. The molecule has 21 heavy (non-hydrogen) atoms. The molecule has 3 nitrogen and oxygen atoms in total. The summed E-state index contributed by atoms with van der Waals surface area (Å²) in [5, 5.41) is 21.2. The number of carboxylic acid groups (broad SMARTS) is 1. The van der Waals surface area contributed by atoms with Gasteiger partial charge in [-0.25, -0.2) is 4.79 Å². The molecule has 0 unspecified atom stereocenters. The molecular weight excluding hydrogens is 264 g/mol. The first-order valence-corrected chi connectivity index (χ1v) is 6.63. The zero-order chi connectivity index (χ0) is 15.0. The fourth-order valence-electron chi connectivity index (χ4n) is 2.51. The van der Waals surface area contributed by atoms with Crippen LogP contribution in [0.1, 0.15) is 15.9 Å². The van der Waals surface area contributed by atoms with Gasteiger partial charge in [-0.1, -0.05) is 54.1 Å². The third-order valence-electron chi connectivity index (χ3n) is 3.60. The van der Waals surface area contributed by atoms with Gasteiger partial charge in [0.1, 0.15) is 11.3 Å². The summed E-state index contributed by atoms with van der Waals surface area (Å²) in [4.78, 5) is 11.6. The maximum atomic E-state index is 11.6. The predicted molar refractivity (Wildman–Crippen MR) is 82.7 cm³/mol. The first-order chi connectivity index (χ1) is 10.1. The van der Waals surface area contributed by atoms with Crippen molar-refractivity contribution < 1.29 is 15.0 Å². The maximum Gasteiger partial charge on any atom is 0.340 e. The van der Waals surface area contributed by atoms with Gasteiger partial charge in [0, 0.05) is 10.9 Å². The number of rotatable bonds is 2. The zero-order valence-electron chi connectivity index (χ0n) is 11.5. The van der Waals surface area contributed by atoms with Gasteiger partial charge >= 0.3 is 5.97 Å². The fraction of sp³-hybridized carbons (Fsp3) is 0.0556. The van der Waals surface area contributed by atoms with Crippen LogP contribution in [-0.4, -0.2) is 16.2 Å². The van der Waals surface area contributed by atoms with Crippen molar-refractivity contribution in [3.63, 3.8) is 0 Å². The van der Waals surface area contributed by atoms with E-state index in [9.17, 15) is 15.0 Å². The monoisotopic (exact) mass is 278 g/mol. The van der Waals surface area contributed by atoms with Crippen molar-refractivity contribution in [3.05, 3.63) is 65.7 Å². The predicted octanol–water partition coefficient (Wildman–Crippen LogP) is 4.22. The number of aromatic carboxylic acids is 1. The van der Waals surface area contributed by atoms with Crippen LogP contribution in [0.15, 0.2) is 54.6 Å². The molecule has 0 amide bonds. The Morgan fingerprint density at radius 3 is 2.33 bits per heavy atom. The summed E-state index contributed by atoms with van der Waals surface area (Å²) >= 11 is 0. The standard InChI is InChI=1S/C18H14O3/c1-11-6-8-12(9-7-11)15-10-13-4-2-3-5-14(13)17(19)16(15)18(20)21/h2-10,19H,1H3,(H,20,21). The summed E-state index contributed by atoms with van der Waals surface area (Å²) < 4.78 is 0. The van der Waals surface area contributed by atoms with Gasteiger partial charge in [-0.05, 0) is 23.9 Å². The summed E-state index contributed by atoms with van der Waals surface area (Å²) in [6.07, 6.45) is 0. The summed E-state index contributed by atoms with van der Waals surface area (Å²) in [5.74, 6) is -1.31. The van der Waals surface area contributed by atoms with Crippen LogP contribution in [0.3, 0.4) is 0 Å². The van der Waals surface area contributed by atoms with E-state index in [1.807, 2.05) is 49.4 Å². The smallest absolute Gasteiger partial charge is 0.340 e. The zero-order valence-corrected chi connectivity index (χ0v) is 11.5. The number of phenols is 1. The van der Waals surface area contributed by atoms with Gasteiger partial charge in [-0.15, -0.1) is 0 Å². The van der Waals surface area contributed by atoms with Crippen LogP contribution in [0.25, 0.3) is 21.9 Å². The Hall–Kier alpha value is -2.81. The largest absolute Gasteiger partial charge is 0.506 e. The Morgan fingerprint density at radius 1 is 1.00 bits per heavy atom. The van der Waals surface area contributed by atoms with Crippen molar-refractivity contribution in [1.82, 2.24) is 0 Å². The average molecular weight is 278 g/mol. The Bertz CT molecular complexity index is 833. The van der Waals surface area contributed by atoms with Crippen LogP contribution >= 0.6 is 0 Å². The molecule has 104 valence electrons. The molecule has 0 aliphatic carbocycles. The number of benzene rings is 3. The topological polar surface area (TPSA) is 57.5 Å². The number of aromatic hydroxyl groups is 1. The van der Waals surface area contributed by atoms with E-state index in [1.165, 1.54) is 0 Å². The van der Waals surface area contributed by atoms with Gasteiger partial charge in [0.2, 0.25) is 0 Å². The van der Waals surface area contributed by atoms with Gasteiger partial charge in [-0.3, -0.25) is 0 Å². The summed E-state index contributed by atoms with van der Waals surface area (Å²) in [5.41, 5.74) is 2.34. The van der Waals surface area contributed by atoms with Crippen molar-refractivity contribution in [3.8, 4) is 16.9 Å². The van der Waals surface area contributed by atoms with Crippen LogP contribution in [-0.2, 0) is 0 Å². The third-order valence-corrected chi connectivity index (χ3v) is 3.60. The molecule has 3 aromatic rings. The van der Waals surface area contributed by atoms with E-state index in [-0.39, 0.29) is 11.3 Å². The Morgan fingerprint density at radius 2 is 1.67 bits per heavy atom. The van der Waals surface area contributed by atoms with Gasteiger partial charge in [0.15, 0.2) is 0 Å². The highest BCUT2D eigenvalue weighted by Crippen LogP contribution is 2.37. The second-order valence-electron chi connectivity index (χ2n) is 5.04. The molecule has 3 aromatic carbocycles. The molecule has 0 aliphatic heterocycles. The highest BCUT2D eigenvalue weighted by Gasteiger charge is 2.19. The highest BCUT2D eigenvalue weighted by atomic mass is 16.4. The van der Waals surface area contributed by atoms with E-state index in [0.29, 0.717) is 10.9 Å². The van der Waals surface area contributed by atoms with Crippen molar-refractivity contribution in [1.29, 1.82) is 0 Å². The second kappa shape index (κ2) is 4.94. The van der Waals surface area contributed by atoms with Gasteiger partial charge in [0.25, 0.3) is 0 Å². The molecule has 2 N–H and O–H groups in total. The van der Waals surface area contributed by atoms with Crippen molar-refractivity contribution >= 4 is 16.7 Å². The van der Waals surface area contributed by atoms with Gasteiger partial charge in [-0.2, -0.15) is 0 Å². The maximum absolute atomic E-state index is 11.6. The molecular formula is C18H14O3. The van der Waals surface area contributed by atoms with E-state index in [1.54, 1.807) is 12.1 Å². The van der Waals surface area contributed by atoms with E-state index in [2.05, 4.69) is 0 Å². The van der Waals surface area contributed by atoms with Gasteiger partial charge in [0.05, 0.1) is 0 Å².